The minimum Gasteiger partial charge on any atom is -0.143 e. The highest BCUT2D eigenvalue weighted by Crippen LogP contribution is 2.18. The Morgan fingerprint density at radius 1 is 0.850 bits per heavy atom. The highest BCUT2D eigenvalue weighted by Gasteiger charge is 2.02. The van der Waals surface area contributed by atoms with Crippen molar-refractivity contribution in [3.05, 3.63) is 29.8 Å². The van der Waals surface area contributed by atoms with Crippen molar-refractivity contribution >= 4 is 12.6 Å². The second-order valence-corrected chi connectivity index (χ2v) is 6.74. The summed E-state index contributed by atoms with van der Waals surface area (Å²) in [6.45, 7) is 4.70. The molecule has 1 atom stereocenters. The second-order valence-electron chi connectivity index (χ2n) is 6.22. The minimum absolute atomic E-state index is 0.894. The third kappa shape index (κ3) is 8.68. The molecule has 114 valence electrons. The summed E-state index contributed by atoms with van der Waals surface area (Å²) >= 11 is 4.32. The summed E-state index contributed by atoms with van der Waals surface area (Å²) in [5.41, 5.74) is 1.45. The van der Waals surface area contributed by atoms with Gasteiger partial charge < -0.3 is 0 Å². The monoisotopic (exact) mass is 292 g/mol. The van der Waals surface area contributed by atoms with E-state index in [1.807, 2.05) is 0 Å². The number of benzene rings is 1. The molecule has 1 rings (SSSR count). The molecule has 1 aromatic rings. The first-order valence-corrected chi connectivity index (χ1v) is 8.95. The third-order valence-electron chi connectivity index (χ3n) is 4.15. The largest absolute Gasteiger partial charge is 0.143 e. The third-order valence-corrected chi connectivity index (χ3v) is 4.45. The van der Waals surface area contributed by atoms with Gasteiger partial charge in [-0.1, -0.05) is 77.3 Å². The topological polar surface area (TPSA) is 0 Å². The van der Waals surface area contributed by atoms with Crippen LogP contribution in [0.2, 0.25) is 0 Å². The Morgan fingerprint density at radius 3 is 2.15 bits per heavy atom. The van der Waals surface area contributed by atoms with Crippen molar-refractivity contribution in [2.75, 3.05) is 0 Å². The van der Waals surface area contributed by atoms with Crippen LogP contribution in [0.15, 0.2) is 29.2 Å². The van der Waals surface area contributed by atoms with Crippen molar-refractivity contribution < 1.29 is 0 Å². The Bertz CT molecular complexity index is 328. The fourth-order valence-electron chi connectivity index (χ4n) is 2.73. The fourth-order valence-corrected chi connectivity index (χ4v) is 2.88. The maximum Gasteiger partial charge on any atom is 0.00401 e. The number of hydrogen-bond acceptors (Lipinski definition) is 1. The molecule has 0 N–H and O–H groups in total. The smallest absolute Gasteiger partial charge is 0.00401 e. The first kappa shape index (κ1) is 17.6. The van der Waals surface area contributed by atoms with E-state index in [2.05, 4.69) is 50.7 Å². The van der Waals surface area contributed by atoms with Crippen LogP contribution in [0.25, 0.3) is 0 Å². The van der Waals surface area contributed by atoms with E-state index in [1.165, 1.54) is 69.8 Å². The lowest BCUT2D eigenvalue weighted by atomic mass is 9.95. The van der Waals surface area contributed by atoms with Gasteiger partial charge in [-0.05, 0) is 36.5 Å². The molecule has 0 heterocycles. The lowest BCUT2D eigenvalue weighted by molar-refractivity contribution is 0.444. The van der Waals surface area contributed by atoms with Gasteiger partial charge in [0.1, 0.15) is 0 Å². The highest BCUT2D eigenvalue weighted by molar-refractivity contribution is 7.80. The van der Waals surface area contributed by atoms with E-state index < -0.39 is 0 Å². The quantitative estimate of drug-likeness (QED) is 0.341. The van der Waals surface area contributed by atoms with Crippen molar-refractivity contribution in [2.45, 2.75) is 83.0 Å². The summed E-state index contributed by atoms with van der Waals surface area (Å²) in [5.74, 6) is 0.894. The summed E-state index contributed by atoms with van der Waals surface area (Å²) in [6, 6.07) is 8.61. The zero-order valence-corrected chi connectivity index (χ0v) is 14.3. The van der Waals surface area contributed by atoms with E-state index >= 15 is 0 Å². The van der Waals surface area contributed by atoms with Crippen molar-refractivity contribution in [1.29, 1.82) is 0 Å². The summed E-state index contributed by atoms with van der Waals surface area (Å²) < 4.78 is 0. The summed E-state index contributed by atoms with van der Waals surface area (Å²) in [4.78, 5) is 1.06. The van der Waals surface area contributed by atoms with E-state index in [1.54, 1.807) is 0 Å². The first-order valence-electron chi connectivity index (χ1n) is 8.50. The summed E-state index contributed by atoms with van der Waals surface area (Å²) in [7, 11) is 0. The van der Waals surface area contributed by atoms with Crippen molar-refractivity contribution in [1.82, 2.24) is 0 Å². The van der Waals surface area contributed by atoms with Gasteiger partial charge in [0.2, 0.25) is 0 Å². The molecule has 0 saturated heterocycles. The normalized spacial score (nSPS) is 12.6. The molecule has 0 nitrogen and oxygen atoms in total. The molecule has 0 amide bonds. The average Bonchev–Trinajstić information content (AvgIpc) is 2.45. The van der Waals surface area contributed by atoms with Crippen molar-refractivity contribution in [2.24, 2.45) is 5.92 Å². The van der Waals surface area contributed by atoms with Gasteiger partial charge >= 0.3 is 0 Å². The van der Waals surface area contributed by atoms with Crippen LogP contribution in [0.4, 0.5) is 0 Å². The highest BCUT2D eigenvalue weighted by atomic mass is 32.1. The second kappa shape index (κ2) is 11.3. The van der Waals surface area contributed by atoms with E-state index in [-0.39, 0.29) is 0 Å². The lowest BCUT2D eigenvalue weighted by Crippen LogP contribution is -1.96. The van der Waals surface area contributed by atoms with E-state index in [0.717, 1.165) is 10.8 Å². The maximum absolute atomic E-state index is 4.32. The first-order chi connectivity index (χ1) is 9.72. The van der Waals surface area contributed by atoms with Crippen LogP contribution in [-0.2, 0) is 6.42 Å². The Kier molecular flexibility index (Phi) is 9.92. The Labute approximate surface area is 131 Å². The molecule has 1 aromatic carbocycles. The van der Waals surface area contributed by atoms with Crippen LogP contribution < -0.4 is 0 Å². The Morgan fingerprint density at radius 2 is 1.45 bits per heavy atom. The maximum atomic E-state index is 4.32. The fraction of sp³-hybridized carbons (Fsp3) is 0.684. The Balaban J connectivity index is 1.99. The molecule has 1 heteroatoms. The number of unbranched alkanes of at least 4 members (excludes halogenated alkanes) is 5. The predicted octanol–water partition coefficient (Wildman–Crippen LogP) is 6.68. The zero-order chi connectivity index (χ0) is 14.6. The Hall–Kier alpha value is -0.430. The van der Waals surface area contributed by atoms with Crippen LogP contribution in [0.1, 0.15) is 77.2 Å². The van der Waals surface area contributed by atoms with Gasteiger partial charge in [-0.15, -0.1) is 12.6 Å². The van der Waals surface area contributed by atoms with E-state index in [9.17, 15) is 0 Å². The SMILES string of the molecule is CCCCCCCCC(C)CCCc1ccc(S)cc1. The molecule has 0 aliphatic rings. The lowest BCUT2D eigenvalue weighted by Gasteiger charge is -2.11. The van der Waals surface area contributed by atoms with Crippen molar-refractivity contribution in [3.63, 3.8) is 0 Å². The van der Waals surface area contributed by atoms with Crippen LogP contribution in [0.3, 0.4) is 0 Å². The molecule has 0 spiro atoms. The zero-order valence-electron chi connectivity index (χ0n) is 13.4. The molecule has 0 bridgehead atoms. The van der Waals surface area contributed by atoms with Gasteiger partial charge in [0.05, 0.1) is 0 Å². The van der Waals surface area contributed by atoms with Crippen molar-refractivity contribution in [3.8, 4) is 0 Å². The number of thiol groups is 1. The van der Waals surface area contributed by atoms with E-state index in [4.69, 9.17) is 0 Å². The van der Waals surface area contributed by atoms with Crippen LogP contribution in [0, 0.1) is 5.92 Å². The van der Waals surface area contributed by atoms with Gasteiger partial charge in [-0.25, -0.2) is 0 Å². The molecule has 0 fully saturated rings. The molecular formula is C19H32S. The molecule has 20 heavy (non-hydrogen) atoms. The predicted molar refractivity (Wildman–Crippen MR) is 93.8 cm³/mol. The number of aryl methyl sites for hydroxylation is 1. The standard InChI is InChI=1S/C19H32S/c1-3-4-5-6-7-8-10-17(2)11-9-12-18-13-15-19(20)16-14-18/h13-17,20H,3-12H2,1-2H3. The van der Waals surface area contributed by atoms with Crippen LogP contribution >= 0.6 is 12.6 Å². The molecule has 1 unspecified atom stereocenters. The summed E-state index contributed by atoms with van der Waals surface area (Å²) in [6.07, 6.45) is 13.8. The van der Waals surface area contributed by atoms with Crippen LogP contribution in [0.5, 0.6) is 0 Å². The van der Waals surface area contributed by atoms with Crippen LogP contribution in [-0.4, -0.2) is 0 Å². The van der Waals surface area contributed by atoms with Gasteiger partial charge in [0, 0.05) is 4.90 Å². The van der Waals surface area contributed by atoms with Gasteiger partial charge in [-0.3, -0.25) is 0 Å². The summed E-state index contributed by atoms with van der Waals surface area (Å²) in [5, 5.41) is 0. The van der Waals surface area contributed by atoms with E-state index in [0.29, 0.717) is 0 Å². The van der Waals surface area contributed by atoms with Gasteiger partial charge in [-0.2, -0.15) is 0 Å². The average molecular weight is 293 g/mol. The molecular weight excluding hydrogens is 260 g/mol. The molecule has 0 radical (unpaired) electrons. The number of hydrogen-bond donors (Lipinski definition) is 1. The minimum atomic E-state index is 0.894. The van der Waals surface area contributed by atoms with Gasteiger partial charge in [0.15, 0.2) is 0 Å². The molecule has 0 aliphatic carbocycles. The van der Waals surface area contributed by atoms with Gasteiger partial charge in [0.25, 0.3) is 0 Å². The molecule has 0 aliphatic heterocycles. The molecule has 0 aromatic heterocycles. The number of rotatable bonds is 11. The molecule has 0 saturated carbocycles.